The van der Waals surface area contributed by atoms with E-state index in [4.69, 9.17) is 4.98 Å². The summed E-state index contributed by atoms with van der Waals surface area (Å²) in [7, 11) is 0. The van der Waals surface area contributed by atoms with Crippen molar-refractivity contribution in [1.82, 2.24) is 15.0 Å². The van der Waals surface area contributed by atoms with Gasteiger partial charge in [-0.05, 0) is 42.7 Å². The third kappa shape index (κ3) is 3.64. The molecule has 2 heterocycles. The van der Waals surface area contributed by atoms with Crippen molar-refractivity contribution in [2.24, 2.45) is 0 Å². The van der Waals surface area contributed by atoms with Crippen LogP contribution in [-0.2, 0) is 6.54 Å². The van der Waals surface area contributed by atoms with Crippen LogP contribution in [0.5, 0.6) is 0 Å². The molecule has 0 bridgehead atoms. The minimum atomic E-state index is 0.585. The number of para-hydroxylation sites is 1. The summed E-state index contributed by atoms with van der Waals surface area (Å²) < 4.78 is 1.23. The van der Waals surface area contributed by atoms with Gasteiger partial charge < -0.3 is 10.6 Å². The minimum absolute atomic E-state index is 0.585. The maximum atomic E-state index is 4.77. The zero-order valence-electron chi connectivity index (χ0n) is 15.7. The Kier molecular flexibility index (Phi) is 4.79. The van der Waals surface area contributed by atoms with E-state index in [1.54, 1.807) is 17.7 Å². The molecule has 1 saturated carbocycles. The molecule has 0 radical (unpaired) electrons. The highest BCUT2D eigenvalue weighted by Gasteiger charge is 2.15. The summed E-state index contributed by atoms with van der Waals surface area (Å²) in [5.41, 5.74) is 3.25. The lowest BCUT2D eigenvalue weighted by Gasteiger charge is -2.22. The molecule has 4 aromatic rings. The van der Waals surface area contributed by atoms with Crippen LogP contribution < -0.4 is 10.6 Å². The molecule has 6 heteroatoms. The summed E-state index contributed by atoms with van der Waals surface area (Å²) in [5, 5.41) is 9.20. The van der Waals surface area contributed by atoms with Crippen LogP contribution in [0.25, 0.3) is 21.1 Å². The summed E-state index contributed by atoms with van der Waals surface area (Å²) in [6.45, 7) is 0.722. The maximum Gasteiger partial charge on any atom is 0.184 e. The quantitative estimate of drug-likeness (QED) is 0.465. The number of anilines is 2. The van der Waals surface area contributed by atoms with Gasteiger partial charge >= 0.3 is 0 Å². The highest BCUT2D eigenvalue weighted by Crippen LogP contribution is 2.30. The van der Waals surface area contributed by atoms with E-state index in [1.165, 1.54) is 42.4 Å². The molecule has 1 fully saturated rings. The van der Waals surface area contributed by atoms with E-state index in [1.807, 2.05) is 24.3 Å². The molecule has 1 aliphatic rings. The van der Waals surface area contributed by atoms with Gasteiger partial charge in [0.2, 0.25) is 0 Å². The summed E-state index contributed by atoms with van der Waals surface area (Å²) in [6.07, 6.45) is 8.17. The highest BCUT2D eigenvalue weighted by molar-refractivity contribution is 7.22. The minimum Gasteiger partial charge on any atom is -0.365 e. The molecule has 0 spiro atoms. The zero-order chi connectivity index (χ0) is 18.8. The molecule has 0 aliphatic heterocycles. The first-order chi connectivity index (χ1) is 13.8. The fraction of sp³-hybridized carbons (Fsp3) is 0.318. The smallest absolute Gasteiger partial charge is 0.184 e. The van der Waals surface area contributed by atoms with Gasteiger partial charge in [-0.2, -0.15) is 0 Å². The largest absolute Gasteiger partial charge is 0.365 e. The molecule has 1 aliphatic carbocycles. The van der Waals surface area contributed by atoms with Crippen LogP contribution >= 0.6 is 11.3 Å². The summed E-state index contributed by atoms with van der Waals surface area (Å²) in [4.78, 5) is 13.5. The number of hydrogen-bond acceptors (Lipinski definition) is 6. The molecule has 142 valence electrons. The summed E-state index contributed by atoms with van der Waals surface area (Å²) >= 11 is 1.75. The molecule has 2 aromatic heterocycles. The molecule has 28 heavy (non-hydrogen) atoms. The Bertz CT molecular complexity index is 1100. The van der Waals surface area contributed by atoms with Crippen LogP contribution in [-0.4, -0.2) is 21.0 Å². The first kappa shape index (κ1) is 17.4. The van der Waals surface area contributed by atoms with Gasteiger partial charge in [0, 0.05) is 18.0 Å². The number of benzene rings is 2. The lowest BCUT2D eigenvalue weighted by Crippen LogP contribution is -2.21. The molecular formula is C22H23N5S. The Morgan fingerprint density at radius 1 is 0.964 bits per heavy atom. The van der Waals surface area contributed by atoms with Crippen molar-refractivity contribution in [2.45, 2.75) is 44.7 Å². The van der Waals surface area contributed by atoms with Gasteiger partial charge in [0.25, 0.3) is 0 Å². The number of nitrogens with zero attached hydrogens (tertiary/aromatic N) is 3. The lowest BCUT2D eigenvalue weighted by molar-refractivity contribution is 0.462. The predicted molar refractivity (Wildman–Crippen MR) is 117 cm³/mol. The van der Waals surface area contributed by atoms with Gasteiger partial charge in [-0.25, -0.2) is 15.0 Å². The lowest BCUT2D eigenvalue weighted by atomic mass is 9.96. The van der Waals surface area contributed by atoms with Gasteiger partial charge in [-0.3, -0.25) is 0 Å². The maximum absolute atomic E-state index is 4.77. The van der Waals surface area contributed by atoms with E-state index in [0.717, 1.165) is 33.9 Å². The van der Waals surface area contributed by atoms with Crippen LogP contribution in [0, 0.1) is 0 Å². The van der Waals surface area contributed by atoms with Crippen molar-refractivity contribution < 1.29 is 0 Å². The average Bonchev–Trinajstić information content (AvgIpc) is 3.14. The number of thiazole rings is 1. The second kappa shape index (κ2) is 7.72. The van der Waals surface area contributed by atoms with E-state index in [-0.39, 0.29) is 0 Å². The number of nitrogens with one attached hydrogen (secondary N) is 2. The molecule has 0 saturated heterocycles. The fourth-order valence-electron chi connectivity index (χ4n) is 3.89. The van der Waals surface area contributed by atoms with Gasteiger partial charge in [-0.1, -0.05) is 48.8 Å². The predicted octanol–water partition coefficient (Wildman–Crippen LogP) is 5.60. The third-order valence-electron chi connectivity index (χ3n) is 5.39. The standard InChI is InChI=1S/C22H23N5S/c1-2-6-16(7-3-1)26-22-27-19-11-10-15(12-20(19)28-22)13-23-21-17-8-4-5-9-18(17)24-14-25-21/h4-5,8-12,14,16H,1-3,6-7,13H2,(H,26,27)(H,23,24,25). The molecule has 0 atom stereocenters. The Morgan fingerprint density at radius 3 is 2.79 bits per heavy atom. The highest BCUT2D eigenvalue weighted by atomic mass is 32.1. The first-order valence-electron chi connectivity index (χ1n) is 9.95. The first-order valence-corrected chi connectivity index (χ1v) is 10.8. The average molecular weight is 390 g/mol. The number of hydrogen-bond donors (Lipinski definition) is 2. The Hall–Kier alpha value is -2.73. The molecule has 0 amide bonds. The molecule has 2 aromatic carbocycles. The van der Waals surface area contributed by atoms with Gasteiger partial charge in [0.1, 0.15) is 12.1 Å². The van der Waals surface area contributed by atoms with E-state index < -0.39 is 0 Å². The zero-order valence-corrected chi connectivity index (χ0v) is 16.5. The fourth-order valence-corrected chi connectivity index (χ4v) is 4.90. The van der Waals surface area contributed by atoms with Gasteiger partial charge in [0.15, 0.2) is 5.13 Å². The molecule has 5 nitrogen and oxygen atoms in total. The van der Waals surface area contributed by atoms with E-state index in [0.29, 0.717) is 6.04 Å². The van der Waals surface area contributed by atoms with Crippen molar-refractivity contribution in [3.05, 3.63) is 54.4 Å². The van der Waals surface area contributed by atoms with Crippen molar-refractivity contribution >= 4 is 43.4 Å². The van der Waals surface area contributed by atoms with Crippen molar-refractivity contribution in [3.63, 3.8) is 0 Å². The molecular weight excluding hydrogens is 366 g/mol. The Labute approximate surface area is 168 Å². The number of fused-ring (bicyclic) bond motifs is 2. The SMILES string of the molecule is c1ccc2c(NCc3ccc4nc(NC5CCCCC5)sc4c3)ncnc2c1. The molecule has 2 N–H and O–H groups in total. The Morgan fingerprint density at radius 2 is 1.86 bits per heavy atom. The van der Waals surface area contributed by atoms with Crippen LogP contribution in [0.2, 0.25) is 0 Å². The van der Waals surface area contributed by atoms with E-state index in [2.05, 4.69) is 38.8 Å². The summed E-state index contributed by atoms with van der Waals surface area (Å²) in [5.74, 6) is 0.870. The van der Waals surface area contributed by atoms with Crippen molar-refractivity contribution in [3.8, 4) is 0 Å². The molecule has 0 unspecified atom stereocenters. The van der Waals surface area contributed by atoms with Gasteiger partial charge in [-0.15, -0.1) is 0 Å². The topological polar surface area (TPSA) is 62.7 Å². The monoisotopic (exact) mass is 389 g/mol. The normalized spacial score (nSPS) is 15.1. The molecule has 5 rings (SSSR count). The van der Waals surface area contributed by atoms with Crippen molar-refractivity contribution in [2.75, 3.05) is 10.6 Å². The van der Waals surface area contributed by atoms with Gasteiger partial charge in [0.05, 0.1) is 15.7 Å². The van der Waals surface area contributed by atoms with Crippen molar-refractivity contribution in [1.29, 1.82) is 0 Å². The van der Waals surface area contributed by atoms with Crippen LogP contribution in [0.1, 0.15) is 37.7 Å². The van der Waals surface area contributed by atoms with Crippen LogP contribution in [0.3, 0.4) is 0 Å². The second-order valence-electron chi connectivity index (χ2n) is 7.39. The van der Waals surface area contributed by atoms with E-state index in [9.17, 15) is 0 Å². The van der Waals surface area contributed by atoms with Crippen LogP contribution in [0.15, 0.2) is 48.8 Å². The second-order valence-corrected chi connectivity index (χ2v) is 8.42. The van der Waals surface area contributed by atoms with E-state index >= 15 is 0 Å². The third-order valence-corrected chi connectivity index (χ3v) is 6.34. The number of rotatable bonds is 5. The Balaban J connectivity index is 1.32. The van der Waals surface area contributed by atoms with Crippen LogP contribution in [0.4, 0.5) is 10.9 Å². The summed E-state index contributed by atoms with van der Waals surface area (Å²) in [6, 6.07) is 15.1. The number of aromatic nitrogens is 3.